The number of ether oxygens (including phenoxy) is 3. The van der Waals surface area contributed by atoms with Gasteiger partial charge in [0, 0.05) is 25.1 Å². The summed E-state index contributed by atoms with van der Waals surface area (Å²) in [5.41, 5.74) is 3.53. The maximum absolute atomic E-state index is 12.0. The van der Waals surface area contributed by atoms with Gasteiger partial charge in [-0.25, -0.2) is 9.59 Å². The lowest BCUT2D eigenvalue weighted by Crippen LogP contribution is -2.26. The Morgan fingerprint density at radius 2 is 1.56 bits per heavy atom. The van der Waals surface area contributed by atoms with Crippen LogP contribution in [0.1, 0.15) is 23.6 Å². The van der Waals surface area contributed by atoms with Crippen LogP contribution in [0.4, 0.5) is 10.5 Å². The van der Waals surface area contributed by atoms with E-state index in [9.17, 15) is 14.7 Å². The normalized spacial score (nSPS) is 11.4. The van der Waals surface area contributed by atoms with Crippen LogP contribution in [0.25, 0.3) is 0 Å². The fourth-order valence-electron chi connectivity index (χ4n) is 3.27. The third-order valence-corrected chi connectivity index (χ3v) is 5.06. The Morgan fingerprint density at radius 1 is 0.882 bits per heavy atom. The minimum Gasteiger partial charge on any atom is -0.493 e. The Hall–Kier alpha value is -3.84. The molecule has 2 N–H and O–H groups in total. The van der Waals surface area contributed by atoms with E-state index < -0.39 is 18.2 Å². The molecule has 178 valence electrons. The second-order valence-electron chi connectivity index (χ2n) is 7.61. The first kappa shape index (κ1) is 24.8. The third-order valence-electron chi connectivity index (χ3n) is 5.06. The molecule has 3 aromatic rings. The molecule has 1 atom stereocenters. The summed E-state index contributed by atoms with van der Waals surface area (Å²) in [5.74, 6) is -0.251. The molecule has 0 bridgehead atoms. The number of carboxylic acids is 1. The summed E-state index contributed by atoms with van der Waals surface area (Å²) in [4.78, 5) is 23.2. The molecule has 7 nitrogen and oxygen atoms in total. The summed E-state index contributed by atoms with van der Waals surface area (Å²) >= 11 is 0. The first-order valence-electron chi connectivity index (χ1n) is 11.2. The standard InChI is InChI=1S/C27H29NO6/c1-2-32-25(26(29)30)18-21-10-14-24(15-11-21)33-17-16-20-8-12-23(13-9-20)28-27(31)34-19-22-6-4-3-5-7-22/h3-15,25H,2,16-19H2,1H3,(H,28,31)(H,29,30)/t25-/m0/s1. The van der Waals surface area contributed by atoms with E-state index in [1.165, 1.54) is 0 Å². The zero-order valence-electron chi connectivity index (χ0n) is 19.1. The van der Waals surface area contributed by atoms with Crippen LogP contribution in [0.5, 0.6) is 5.75 Å². The van der Waals surface area contributed by atoms with Crippen molar-refractivity contribution in [3.63, 3.8) is 0 Å². The second kappa shape index (κ2) is 13.0. The summed E-state index contributed by atoms with van der Waals surface area (Å²) in [6, 6.07) is 24.4. The highest BCUT2D eigenvalue weighted by atomic mass is 16.5. The van der Waals surface area contributed by atoms with Crippen molar-refractivity contribution in [2.75, 3.05) is 18.5 Å². The number of rotatable bonds is 12. The Labute approximate surface area is 199 Å². The van der Waals surface area contributed by atoms with Crippen molar-refractivity contribution in [2.24, 2.45) is 0 Å². The van der Waals surface area contributed by atoms with Crippen LogP contribution in [0.15, 0.2) is 78.9 Å². The Bertz CT molecular complexity index is 1030. The number of aliphatic carboxylic acids is 1. The summed E-state index contributed by atoms with van der Waals surface area (Å²) < 4.78 is 16.3. The van der Waals surface area contributed by atoms with Crippen LogP contribution in [-0.4, -0.2) is 36.5 Å². The summed E-state index contributed by atoms with van der Waals surface area (Å²) in [5, 5.41) is 11.9. The van der Waals surface area contributed by atoms with Crippen molar-refractivity contribution in [1.29, 1.82) is 0 Å². The largest absolute Gasteiger partial charge is 0.493 e. The number of hydrogen-bond donors (Lipinski definition) is 2. The first-order valence-corrected chi connectivity index (χ1v) is 11.2. The smallest absolute Gasteiger partial charge is 0.411 e. The summed E-state index contributed by atoms with van der Waals surface area (Å²) in [6.45, 7) is 2.84. The predicted octanol–water partition coefficient (Wildman–Crippen LogP) is 5.09. The predicted molar refractivity (Wildman–Crippen MR) is 129 cm³/mol. The molecule has 0 radical (unpaired) electrons. The van der Waals surface area contributed by atoms with E-state index in [0.717, 1.165) is 16.7 Å². The fourth-order valence-corrected chi connectivity index (χ4v) is 3.27. The molecule has 1 amide bonds. The quantitative estimate of drug-likeness (QED) is 0.389. The molecule has 0 fully saturated rings. The van der Waals surface area contributed by atoms with Crippen LogP contribution < -0.4 is 10.1 Å². The number of hydrogen-bond acceptors (Lipinski definition) is 5. The fraction of sp³-hybridized carbons (Fsp3) is 0.259. The summed E-state index contributed by atoms with van der Waals surface area (Å²) in [6.07, 6.45) is -0.338. The van der Waals surface area contributed by atoms with Crippen LogP contribution in [0.3, 0.4) is 0 Å². The van der Waals surface area contributed by atoms with E-state index in [4.69, 9.17) is 14.2 Å². The van der Waals surface area contributed by atoms with E-state index in [1.807, 2.05) is 78.9 Å². The van der Waals surface area contributed by atoms with Gasteiger partial charge < -0.3 is 19.3 Å². The molecule has 0 spiro atoms. The number of carboxylic acid groups (broad SMARTS) is 1. The van der Waals surface area contributed by atoms with Gasteiger partial charge in [-0.1, -0.05) is 54.6 Å². The van der Waals surface area contributed by atoms with Gasteiger partial charge in [0.1, 0.15) is 12.4 Å². The molecule has 0 heterocycles. The van der Waals surface area contributed by atoms with Gasteiger partial charge in [0.15, 0.2) is 6.10 Å². The van der Waals surface area contributed by atoms with Gasteiger partial charge in [-0.05, 0) is 47.9 Å². The first-order chi connectivity index (χ1) is 16.5. The number of amides is 1. The van der Waals surface area contributed by atoms with Crippen LogP contribution in [0.2, 0.25) is 0 Å². The highest BCUT2D eigenvalue weighted by Crippen LogP contribution is 2.16. The Kier molecular flexibility index (Phi) is 9.49. The lowest BCUT2D eigenvalue weighted by Gasteiger charge is -2.13. The van der Waals surface area contributed by atoms with Crippen molar-refractivity contribution in [3.05, 3.63) is 95.6 Å². The molecule has 0 aliphatic heterocycles. The van der Waals surface area contributed by atoms with Crippen molar-refractivity contribution < 1.29 is 28.9 Å². The maximum Gasteiger partial charge on any atom is 0.411 e. The summed E-state index contributed by atoms with van der Waals surface area (Å²) in [7, 11) is 0. The Morgan fingerprint density at radius 3 is 2.21 bits per heavy atom. The van der Waals surface area contributed by atoms with Gasteiger partial charge in [-0.15, -0.1) is 0 Å². The molecule has 0 aliphatic carbocycles. The maximum atomic E-state index is 12.0. The number of anilines is 1. The molecule has 7 heteroatoms. The van der Waals surface area contributed by atoms with Crippen molar-refractivity contribution in [1.82, 2.24) is 0 Å². The van der Waals surface area contributed by atoms with Gasteiger partial charge in [-0.3, -0.25) is 5.32 Å². The molecule has 3 rings (SSSR count). The van der Waals surface area contributed by atoms with Gasteiger partial charge in [-0.2, -0.15) is 0 Å². The highest BCUT2D eigenvalue weighted by molar-refractivity contribution is 5.84. The average Bonchev–Trinajstić information content (AvgIpc) is 2.85. The number of carbonyl (C=O) groups is 2. The molecule has 34 heavy (non-hydrogen) atoms. The van der Waals surface area contributed by atoms with Gasteiger partial charge in [0.05, 0.1) is 6.61 Å². The lowest BCUT2D eigenvalue weighted by atomic mass is 10.1. The van der Waals surface area contributed by atoms with E-state index in [0.29, 0.717) is 37.5 Å². The second-order valence-corrected chi connectivity index (χ2v) is 7.61. The van der Waals surface area contributed by atoms with Crippen LogP contribution in [-0.2, 0) is 33.7 Å². The zero-order chi connectivity index (χ0) is 24.2. The number of nitrogens with one attached hydrogen (secondary N) is 1. The van der Waals surface area contributed by atoms with Gasteiger partial charge >= 0.3 is 12.1 Å². The minimum absolute atomic E-state index is 0.218. The number of carbonyl (C=O) groups excluding carboxylic acids is 1. The molecule has 0 aliphatic rings. The molecule has 0 saturated carbocycles. The average molecular weight is 464 g/mol. The molecule has 0 aromatic heterocycles. The van der Waals surface area contributed by atoms with E-state index in [-0.39, 0.29) is 6.61 Å². The minimum atomic E-state index is -0.965. The van der Waals surface area contributed by atoms with Crippen LogP contribution >= 0.6 is 0 Å². The van der Waals surface area contributed by atoms with Gasteiger partial charge in [0.2, 0.25) is 0 Å². The SMILES string of the molecule is CCO[C@@H](Cc1ccc(OCCc2ccc(NC(=O)OCc3ccccc3)cc2)cc1)C(=O)O. The lowest BCUT2D eigenvalue weighted by molar-refractivity contribution is -0.149. The van der Waals surface area contributed by atoms with Crippen molar-refractivity contribution in [3.8, 4) is 5.75 Å². The number of benzene rings is 3. The zero-order valence-corrected chi connectivity index (χ0v) is 19.1. The molecule has 0 unspecified atom stereocenters. The molecular weight excluding hydrogens is 434 g/mol. The topological polar surface area (TPSA) is 94.1 Å². The van der Waals surface area contributed by atoms with E-state index >= 15 is 0 Å². The van der Waals surface area contributed by atoms with E-state index in [2.05, 4.69) is 5.32 Å². The van der Waals surface area contributed by atoms with E-state index in [1.54, 1.807) is 6.92 Å². The van der Waals surface area contributed by atoms with Crippen molar-refractivity contribution >= 4 is 17.7 Å². The molecular formula is C27H29NO6. The van der Waals surface area contributed by atoms with Crippen LogP contribution in [0, 0.1) is 0 Å². The molecule has 0 saturated heterocycles. The molecule has 3 aromatic carbocycles. The monoisotopic (exact) mass is 463 g/mol. The third kappa shape index (κ3) is 8.26. The highest BCUT2D eigenvalue weighted by Gasteiger charge is 2.17. The van der Waals surface area contributed by atoms with Gasteiger partial charge in [0.25, 0.3) is 0 Å². The Balaban J connectivity index is 1.39. The van der Waals surface area contributed by atoms with Crippen molar-refractivity contribution in [2.45, 2.75) is 32.5 Å².